The van der Waals surface area contributed by atoms with Gasteiger partial charge in [-0.15, -0.1) is 11.3 Å². The van der Waals surface area contributed by atoms with E-state index in [1.165, 1.54) is 27.7 Å². The van der Waals surface area contributed by atoms with Gasteiger partial charge in [0.25, 0.3) is 0 Å². The van der Waals surface area contributed by atoms with Crippen molar-refractivity contribution in [3.8, 4) is 11.3 Å². The second kappa shape index (κ2) is 7.10. The molecule has 0 spiro atoms. The van der Waals surface area contributed by atoms with Gasteiger partial charge in [-0.25, -0.2) is 4.98 Å². The first-order valence-electron chi connectivity index (χ1n) is 8.43. The van der Waals surface area contributed by atoms with Crippen LogP contribution in [0.2, 0.25) is 0 Å². The first kappa shape index (κ1) is 16.5. The van der Waals surface area contributed by atoms with Crippen LogP contribution in [0.3, 0.4) is 0 Å². The van der Waals surface area contributed by atoms with Gasteiger partial charge in [0.2, 0.25) is 0 Å². The van der Waals surface area contributed by atoms with Gasteiger partial charge in [0.15, 0.2) is 0 Å². The molecule has 3 aromatic carbocycles. The maximum atomic E-state index is 11.3. The lowest BCUT2D eigenvalue weighted by atomic mass is 10.0. The molecule has 4 rings (SSSR count). The van der Waals surface area contributed by atoms with Crippen molar-refractivity contribution in [2.24, 2.45) is 0 Å². The number of benzene rings is 3. The fraction of sp³-hybridized carbons (Fsp3) is 0.0909. The number of aromatic nitrogens is 1. The van der Waals surface area contributed by atoms with Gasteiger partial charge in [0.1, 0.15) is 0 Å². The summed E-state index contributed by atoms with van der Waals surface area (Å²) in [7, 11) is 0. The highest BCUT2D eigenvalue weighted by Crippen LogP contribution is 2.31. The lowest BCUT2D eigenvalue weighted by molar-refractivity contribution is -0.136. The number of hydrogen-bond acceptors (Lipinski definition) is 3. The van der Waals surface area contributed by atoms with E-state index in [0.717, 1.165) is 21.1 Å². The monoisotopic (exact) mass is 359 g/mol. The van der Waals surface area contributed by atoms with Crippen molar-refractivity contribution in [3.63, 3.8) is 0 Å². The van der Waals surface area contributed by atoms with Gasteiger partial charge in [0, 0.05) is 16.9 Å². The fourth-order valence-corrected chi connectivity index (χ4v) is 4.27. The first-order valence-corrected chi connectivity index (χ1v) is 9.25. The van der Waals surface area contributed by atoms with Gasteiger partial charge in [0.05, 0.1) is 17.1 Å². The molecule has 26 heavy (non-hydrogen) atoms. The summed E-state index contributed by atoms with van der Waals surface area (Å²) in [5.41, 5.74) is 2.95. The largest absolute Gasteiger partial charge is 0.481 e. The summed E-state index contributed by atoms with van der Waals surface area (Å²) >= 11 is 1.49. The summed E-state index contributed by atoms with van der Waals surface area (Å²) in [6.45, 7) is 0. The fourth-order valence-electron chi connectivity index (χ4n) is 3.16. The molecule has 0 aliphatic heterocycles. The minimum Gasteiger partial charge on any atom is -0.481 e. The van der Waals surface area contributed by atoms with Crippen LogP contribution in [0.15, 0.2) is 72.8 Å². The molecule has 0 saturated heterocycles. The van der Waals surface area contributed by atoms with Crippen molar-refractivity contribution in [1.29, 1.82) is 0 Å². The maximum absolute atomic E-state index is 11.3. The average Bonchev–Trinajstić information content (AvgIpc) is 3.04. The average molecular weight is 359 g/mol. The molecule has 0 amide bonds. The molecular formula is C22H17NO2S. The third kappa shape index (κ3) is 3.37. The Balaban J connectivity index is 1.75. The molecule has 128 valence electrons. The van der Waals surface area contributed by atoms with E-state index >= 15 is 0 Å². The molecular weight excluding hydrogens is 342 g/mol. The van der Waals surface area contributed by atoms with Gasteiger partial charge < -0.3 is 5.11 Å². The van der Waals surface area contributed by atoms with Crippen molar-refractivity contribution >= 4 is 28.1 Å². The molecule has 3 nitrogen and oxygen atoms in total. The molecule has 1 N–H and O–H groups in total. The Hall–Kier alpha value is -2.98. The maximum Gasteiger partial charge on any atom is 0.308 e. The Morgan fingerprint density at radius 2 is 1.65 bits per heavy atom. The minimum atomic E-state index is -0.831. The number of nitrogens with zero attached hydrogens (tertiary/aromatic N) is 1. The Labute approximate surface area is 155 Å². The zero-order valence-electron chi connectivity index (χ0n) is 14.1. The number of carboxylic acid groups (broad SMARTS) is 1. The molecule has 0 unspecified atom stereocenters. The smallest absolute Gasteiger partial charge is 0.308 e. The number of carboxylic acids is 1. The molecule has 4 heteroatoms. The van der Waals surface area contributed by atoms with E-state index in [9.17, 15) is 9.90 Å². The molecule has 1 heterocycles. The van der Waals surface area contributed by atoms with E-state index in [4.69, 9.17) is 4.98 Å². The third-order valence-electron chi connectivity index (χ3n) is 4.32. The van der Waals surface area contributed by atoms with Crippen LogP contribution >= 0.6 is 11.3 Å². The summed E-state index contributed by atoms with van der Waals surface area (Å²) in [6.07, 6.45) is 0.697. The van der Waals surface area contributed by atoms with E-state index in [2.05, 4.69) is 30.3 Å². The van der Waals surface area contributed by atoms with Crippen LogP contribution in [0, 0.1) is 0 Å². The van der Waals surface area contributed by atoms with Crippen molar-refractivity contribution in [2.75, 3.05) is 0 Å². The van der Waals surface area contributed by atoms with Gasteiger partial charge in [-0.1, -0.05) is 72.8 Å². The van der Waals surface area contributed by atoms with Crippen LogP contribution in [0.1, 0.15) is 15.4 Å². The normalized spacial score (nSPS) is 10.9. The van der Waals surface area contributed by atoms with Crippen LogP contribution in [0.4, 0.5) is 0 Å². The molecule has 0 atom stereocenters. The predicted molar refractivity (Wildman–Crippen MR) is 106 cm³/mol. The number of rotatable bonds is 5. The SMILES string of the molecule is O=C(O)Cc1sc(Cc2cccc3ccccc23)nc1-c1ccccc1. The minimum absolute atomic E-state index is 0.00255. The number of thiazole rings is 1. The molecule has 0 bridgehead atoms. The summed E-state index contributed by atoms with van der Waals surface area (Å²) in [4.78, 5) is 16.9. The third-order valence-corrected chi connectivity index (χ3v) is 5.38. The highest BCUT2D eigenvalue weighted by molar-refractivity contribution is 7.12. The van der Waals surface area contributed by atoms with E-state index in [1.54, 1.807) is 0 Å². The van der Waals surface area contributed by atoms with Crippen LogP contribution in [0.5, 0.6) is 0 Å². The second-order valence-electron chi connectivity index (χ2n) is 6.13. The summed E-state index contributed by atoms with van der Waals surface area (Å²) in [6, 6.07) is 24.4. The van der Waals surface area contributed by atoms with E-state index in [0.29, 0.717) is 6.42 Å². The van der Waals surface area contributed by atoms with E-state index < -0.39 is 5.97 Å². The zero-order valence-corrected chi connectivity index (χ0v) is 14.9. The lowest BCUT2D eigenvalue weighted by Crippen LogP contribution is -1.99. The Bertz CT molecular complexity index is 1060. The van der Waals surface area contributed by atoms with Gasteiger partial charge in [-0.05, 0) is 16.3 Å². The molecule has 0 fully saturated rings. The van der Waals surface area contributed by atoms with Crippen LogP contribution in [0.25, 0.3) is 22.0 Å². The van der Waals surface area contributed by atoms with E-state index in [-0.39, 0.29) is 6.42 Å². The van der Waals surface area contributed by atoms with Crippen molar-refractivity contribution in [1.82, 2.24) is 4.98 Å². The summed E-state index contributed by atoms with van der Waals surface area (Å²) in [5, 5.41) is 12.6. The Kier molecular flexibility index (Phi) is 4.50. The molecule has 1 aromatic heterocycles. The standard InChI is InChI=1S/C22H17NO2S/c24-21(25)14-19-22(16-8-2-1-3-9-16)23-20(26-19)13-17-11-6-10-15-7-4-5-12-18(15)17/h1-12H,13-14H2,(H,24,25). The summed E-state index contributed by atoms with van der Waals surface area (Å²) < 4.78 is 0. The topological polar surface area (TPSA) is 50.2 Å². The first-order chi connectivity index (χ1) is 12.7. The predicted octanol–water partition coefficient (Wildman–Crippen LogP) is 5.18. The van der Waals surface area contributed by atoms with E-state index in [1.807, 2.05) is 42.5 Å². The van der Waals surface area contributed by atoms with Gasteiger partial charge in [-0.3, -0.25) is 4.79 Å². The van der Waals surface area contributed by atoms with Crippen molar-refractivity contribution in [3.05, 3.63) is 88.2 Å². The lowest BCUT2D eigenvalue weighted by Gasteiger charge is -2.04. The van der Waals surface area contributed by atoms with Crippen molar-refractivity contribution in [2.45, 2.75) is 12.8 Å². The molecule has 0 saturated carbocycles. The highest BCUT2D eigenvalue weighted by Gasteiger charge is 2.16. The van der Waals surface area contributed by atoms with Crippen molar-refractivity contribution < 1.29 is 9.90 Å². The number of hydrogen-bond donors (Lipinski definition) is 1. The van der Waals surface area contributed by atoms with Crippen LogP contribution in [-0.2, 0) is 17.6 Å². The van der Waals surface area contributed by atoms with Crippen LogP contribution in [-0.4, -0.2) is 16.1 Å². The number of fused-ring (bicyclic) bond motifs is 1. The quantitative estimate of drug-likeness (QED) is 0.534. The highest BCUT2D eigenvalue weighted by atomic mass is 32.1. The van der Waals surface area contributed by atoms with Gasteiger partial charge in [-0.2, -0.15) is 0 Å². The number of aliphatic carboxylic acids is 1. The zero-order chi connectivity index (χ0) is 17.9. The summed E-state index contributed by atoms with van der Waals surface area (Å²) in [5.74, 6) is -0.831. The molecule has 0 radical (unpaired) electrons. The van der Waals surface area contributed by atoms with Gasteiger partial charge >= 0.3 is 5.97 Å². The molecule has 4 aromatic rings. The molecule has 0 aliphatic carbocycles. The Morgan fingerprint density at radius 3 is 2.46 bits per heavy atom. The second-order valence-corrected chi connectivity index (χ2v) is 7.30. The molecule has 0 aliphatic rings. The number of carbonyl (C=O) groups is 1. The Morgan fingerprint density at radius 1 is 0.923 bits per heavy atom. The van der Waals surface area contributed by atoms with Crippen LogP contribution < -0.4 is 0 Å².